The molecule has 1 atom stereocenters. The Labute approximate surface area is 155 Å². The normalized spacial score (nSPS) is 21.5. The molecular formula is C19H26BN2O3P. The number of benzene rings is 2. The van der Waals surface area contributed by atoms with Gasteiger partial charge in [0.25, 0.3) is 0 Å². The van der Waals surface area contributed by atoms with Crippen LogP contribution in [0.4, 0.5) is 0 Å². The summed E-state index contributed by atoms with van der Waals surface area (Å²) in [6, 6.07) is 16.3. The monoisotopic (exact) mass is 372 g/mol. The third-order valence-corrected chi connectivity index (χ3v) is 6.97. The van der Waals surface area contributed by atoms with E-state index in [0.29, 0.717) is 6.04 Å². The van der Waals surface area contributed by atoms with Gasteiger partial charge >= 0.3 is 7.05 Å². The molecule has 1 saturated carbocycles. The summed E-state index contributed by atoms with van der Waals surface area (Å²) >= 11 is 0. The number of hydrogen-bond acceptors (Lipinski definition) is 4. The molecule has 5 nitrogen and oxygen atoms in total. The fraction of sp³-hybridized carbons (Fsp3) is 0.368. The number of ether oxygens (including phenoxy) is 1. The summed E-state index contributed by atoms with van der Waals surface area (Å²) in [6.07, 6.45) is 1.76. The van der Waals surface area contributed by atoms with Crippen LogP contribution in [0.3, 0.4) is 0 Å². The first-order chi connectivity index (χ1) is 12.4. The lowest BCUT2D eigenvalue weighted by molar-refractivity contribution is 0.298. The van der Waals surface area contributed by atoms with Gasteiger partial charge in [-0.15, -0.1) is 0 Å². The summed E-state index contributed by atoms with van der Waals surface area (Å²) < 4.78 is 18.3. The fourth-order valence-corrected chi connectivity index (χ4v) is 5.12. The van der Waals surface area contributed by atoms with Gasteiger partial charge in [-0.25, -0.2) is 0 Å². The molecule has 0 amide bonds. The first kappa shape index (κ1) is 19.2. The maximum Gasteiger partial charge on any atom is 0.373 e. The highest BCUT2D eigenvalue weighted by Crippen LogP contribution is 2.39. The van der Waals surface area contributed by atoms with Crippen molar-refractivity contribution in [2.75, 3.05) is 13.8 Å². The Kier molecular flexibility index (Phi) is 5.88. The number of nitrogens with one attached hydrogen (secondary N) is 2. The number of methoxy groups -OCH3 is 1. The fourth-order valence-electron chi connectivity index (χ4n) is 3.35. The molecule has 1 unspecified atom stereocenters. The van der Waals surface area contributed by atoms with Crippen molar-refractivity contribution in [2.24, 2.45) is 0 Å². The Hall–Kier alpha value is -1.59. The summed E-state index contributed by atoms with van der Waals surface area (Å²) in [7, 11) is -1.46. The van der Waals surface area contributed by atoms with E-state index in [-0.39, 0.29) is 6.04 Å². The van der Waals surface area contributed by atoms with Crippen LogP contribution in [0.1, 0.15) is 12.8 Å². The standard InChI is InChI=1S/C19H26BN2O3P/c1-20(23)21-16-12-17(13-16)22-26(3,24)19-10-6-15(7-11-19)14-4-8-18(25-2)9-5-14/h4-11,16-17,21,23H,12-13H2,1-3H3,(H,22,24). The first-order valence-electron chi connectivity index (χ1n) is 8.92. The van der Waals surface area contributed by atoms with Crippen molar-refractivity contribution < 1.29 is 14.3 Å². The lowest BCUT2D eigenvalue weighted by atomic mass is 9.79. The van der Waals surface area contributed by atoms with Gasteiger partial charge in [-0.3, -0.25) is 5.09 Å². The minimum Gasteiger partial charge on any atom is -0.497 e. The van der Waals surface area contributed by atoms with E-state index in [1.807, 2.05) is 48.5 Å². The Morgan fingerprint density at radius 3 is 2.08 bits per heavy atom. The lowest BCUT2D eigenvalue weighted by Crippen LogP contribution is -2.53. The SMILES string of the molecule is COc1ccc(-c2ccc(P(C)(=O)NC3CC(NB(C)O)C3)cc2)cc1. The van der Waals surface area contributed by atoms with Crippen molar-refractivity contribution in [1.82, 2.24) is 10.3 Å². The summed E-state index contributed by atoms with van der Waals surface area (Å²) in [5.74, 6) is 0.830. The molecule has 26 heavy (non-hydrogen) atoms. The molecule has 1 aliphatic carbocycles. The van der Waals surface area contributed by atoms with Gasteiger partial charge in [0.1, 0.15) is 5.75 Å². The van der Waals surface area contributed by atoms with Crippen LogP contribution >= 0.6 is 7.29 Å². The van der Waals surface area contributed by atoms with Crippen LogP contribution in [0.5, 0.6) is 5.75 Å². The van der Waals surface area contributed by atoms with Gasteiger partial charge in [0.15, 0.2) is 7.29 Å². The van der Waals surface area contributed by atoms with E-state index in [4.69, 9.17) is 4.74 Å². The van der Waals surface area contributed by atoms with Crippen LogP contribution in [-0.2, 0) is 4.57 Å². The van der Waals surface area contributed by atoms with E-state index in [1.54, 1.807) is 20.6 Å². The first-order valence-corrected chi connectivity index (χ1v) is 11.1. The van der Waals surface area contributed by atoms with E-state index in [0.717, 1.165) is 35.0 Å². The maximum absolute atomic E-state index is 13.1. The van der Waals surface area contributed by atoms with E-state index in [9.17, 15) is 9.59 Å². The van der Waals surface area contributed by atoms with Crippen LogP contribution < -0.4 is 20.4 Å². The zero-order valence-electron chi connectivity index (χ0n) is 15.5. The third kappa shape index (κ3) is 4.57. The Bertz CT molecular complexity index is 774. The van der Waals surface area contributed by atoms with Crippen molar-refractivity contribution >= 4 is 19.6 Å². The molecule has 2 aromatic carbocycles. The molecule has 0 aliphatic heterocycles. The molecular weight excluding hydrogens is 346 g/mol. The second kappa shape index (κ2) is 7.97. The van der Waals surface area contributed by atoms with Crippen LogP contribution in [0.15, 0.2) is 48.5 Å². The predicted molar refractivity (Wildman–Crippen MR) is 109 cm³/mol. The van der Waals surface area contributed by atoms with Crippen molar-refractivity contribution in [3.8, 4) is 16.9 Å². The lowest BCUT2D eigenvalue weighted by Gasteiger charge is -2.38. The summed E-state index contributed by atoms with van der Waals surface area (Å²) in [6.45, 7) is 3.50. The molecule has 0 saturated heterocycles. The summed E-state index contributed by atoms with van der Waals surface area (Å²) in [5.41, 5.74) is 2.18. The van der Waals surface area contributed by atoms with Gasteiger partial charge in [0.05, 0.1) is 7.11 Å². The molecule has 0 radical (unpaired) electrons. The van der Waals surface area contributed by atoms with Gasteiger partial charge in [-0.2, -0.15) is 0 Å². The second-order valence-corrected chi connectivity index (χ2v) is 9.66. The van der Waals surface area contributed by atoms with Gasteiger partial charge in [-0.05, 0) is 55.1 Å². The predicted octanol–water partition coefficient (Wildman–Crippen LogP) is 2.72. The van der Waals surface area contributed by atoms with Crippen LogP contribution in [0, 0.1) is 0 Å². The van der Waals surface area contributed by atoms with E-state index >= 15 is 0 Å². The minimum atomic E-state index is -2.61. The molecule has 3 rings (SSSR count). The Balaban J connectivity index is 1.62. The number of hydrogen-bond donors (Lipinski definition) is 3. The summed E-state index contributed by atoms with van der Waals surface area (Å²) in [4.78, 5) is 0. The molecule has 2 aromatic rings. The Morgan fingerprint density at radius 1 is 1.04 bits per heavy atom. The van der Waals surface area contributed by atoms with Gasteiger partial charge < -0.3 is 19.6 Å². The highest BCUT2D eigenvalue weighted by Gasteiger charge is 2.34. The third-order valence-electron chi connectivity index (χ3n) is 4.83. The number of rotatable bonds is 7. The molecule has 138 valence electrons. The zero-order chi connectivity index (χ0) is 18.7. The van der Waals surface area contributed by atoms with Crippen molar-refractivity contribution in [2.45, 2.75) is 31.7 Å². The highest BCUT2D eigenvalue weighted by atomic mass is 31.2. The smallest absolute Gasteiger partial charge is 0.373 e. The van der Waals surface area contributed by atoms with Gasteiger partial charge in [-0.1, -0.05) is 24.3 Å². The Morgan fingerprint density at radius 2 is 1.58 bits per heavy atom. The van der Waals surface area contributed by atoms with E-state index < -0.39 is 14.3 Å². The van der Waals surface area contributed by atoms with Crippen LogP contribution in [0.25, 0.3) is 11.1 Å². The van der Waals surface area contributed by atoms with Gasteiger partial charge in [0.2, 0.25) is 0 Å². The van der Waals surface area contributed by atoms with E-state index in [2.05, 4.69) is 10.3 Å². The molecule has 7 heteroatoms. The van der Waals surface area contributed by atoms with Crippen molar-refractivity contribution in [3.63, 3.8) is 0 Å². The molecule has 0 heterocycles. The molecule has 0 aromatic heterocycles. The van der Waals surface area contributed by atoms with Gasteiger partial charge in [0, 0.05) is 24.1 Å². The molecule has 0 bridgehead atoms. The second-order valence-electron chi connectivity index (χ2n) is 7.04. The molecule has 0 spiro atoms. The molecule has 1 fully saturated rings. The van der Waals surface area contributed by atoms with Crippen molar-refractivity contribution in [1.29, 1.82) is 0 Å². The van der Waals surface area contributed by atoms with E-state index in [1.165, 1.54) is 0 Å². The minimum absolute atomic E-state index is 0.225. The summed E-state index contributed by atoms with van der Waals surface area (Å²) in [5, 5.41) is 16.6. The maximum atomic E-state index is 13.1. The quantitative estimate of drug-likeness (QED) is 0.515. The van der Waals surface area contributed by atoms with Crippen molar-refractivity contribution in [3.05, 3.63) is 48.5 Å². The molecule has 3 N–H and O–H groups in total. The van der Waals surface area contributed by atoms with Crippen LogP contribution in [-0.4, -0.2) is 37.9 Å². The average Bonchev–Trinajstić information content (AvgIpc) is 2.59. The average molecular weight is 372 g/mol. The largest absolute Gasteiger partial charge is 0.497 e. The molecule has 1 aliphatic rings. The zero-order valence-corrected chi connectivity index (χ0v) is 16.4. The van der Waals surface area contributed by atoms with Crippen LogP contribution in [0.2, 0.25) is 6.82 Å². The topological polar surface area (TPSA) is 70.6 Å². The highest BCUT2D eigenvalue weighted by molar-refractivity contribution is 7.69.